The minimum Gasteiger partial charge on any atom is -0.396 e. The number of hydrogen-bond acceptors (Lipinski definition) is 3. The van der Waals surface area contributed by atoms with Gasteiger partial charge in [0.05, 0.1) is 6.61 Å². The summed E-state index contributed by atoms with van der Waals surface area (Å²) >= 11 is 0. The van der Waals surface area contributed by atoms with Gasteiger partial charge < -0.3 is 14.9 Å². The molecule has 0 spiro atoms. The molecule has 0 aromatic carbocycles. The molecule has 6 heteroatoms. The molecular weight excluding hydrogens is 171 g/mol. The SMILES string of the molecule is CCC(CO)COP(=O)(O)O. The first-order chi connectivity index (χ1) is 4.99. The molecule has 0 fully saturated rings. The number of phosphoric acid groups is 1. The fourth-order valence-electron chi connectivity index (χ4n) is 0.502. The molecule has 0 aliphatic carbocycles. The van der Waals surface area contributed by atoms with Crippen LogP contribution >= 0.6 is 7.82 Å². The fraction of sp³-hybridized carbons (Fsp3) is 1.00. The molecule has 0 amide bonds. The maximum Gasteiger partial charge on any atom is 0.469 e. The second kappa shape index (κ2) is 4.85. The molecule has 0 saturated carbocycles. The van der Waals surface area contributed by atoms with E-state index < -0.39 is 7.82 Å². The Hall–Kier alpha value is 0.0700. The van der Waals surface area contributed by atoms with Gasteiger partial charge in [-0.3, -0.25) is 4.52 Å². The first-order valence-electron chi connectivity index (χ1n) is 3.30. The van der Waals surface area contributed by atoms with Crippen molar-refractivity contribution in [3.05, 3.63) is 0 Å². The molecule has 0 rings (SSSR count). The highest BCUT2D eigenvalue weighted by molar-refractivity contribution is 7.46. The smallest absolute Gasteiger partial charge is 0.396 e. The number of phosphoric ester groups is 1. The maximum atomic E-state index is 10.2. The first-order valence-corrected chi connectivity index (χ1v) is 4.83. The predicted octanol–water partition coefficient (Wildman–Crippen LogP) is 0.114. The molecule has 68 valence electrons. The molecule has 0 heterocycles. The van der Waals surface area contributed by atoms with E-state index in [1.165, 1.54) is 0 Å². The molecule has 0 aliphatic heterocycles. The normalized spacial score (nSPS) is 14.9. The average Bonchev–Trinajstić information content (AvgIpc) is 1.88. The van der Waals surface area contributed by atoms with Crippen LogP contribution < -0.4 is 0 Å². The van der Waals surface area contributed by atoms with Gasteiger partial charge in [0.25, 0.3) is 0 Å². The van der Waals surface area contributed by atoms with Crippen LogP contribution in [0.4, 0.5) is 0 Å². The van der Waals surface area contributed by atoms with Gasteiger partial charge in [-0.15, -0.1) is 0 Å². The lowest BCUT2D eigenvalue weighted by molar-refractivity contribution is 0.127. The third-order valence-corrected chi connectivity index (χ3v) is 1.80. The van der Waals surface area contributed by atoms with Gasteiger partial charge in [0, 0.05) is 12.5 Å². The van der Waals surface area contributed by atoms with E-state index in [2.05, 4.69) is 4.52 Å². The summed E-state index contributed by atoms with van der Waals surface area (Å²) in [6, 6.07) is 0. The van der Waals surface area contributed by atoms with Gasteiger partial charge in [0.2, 0.25) is 0 Å². The van der Waals surface area contributed by atoms with Crippen LogP contribution in [0, 0.1) is 5.92 Å². The monoisotopic (exact) mass is 184 g/mol. The highest BCUT2D eigenvalue weighted by Gasteiger charge is 2.16. The van der Waals surface area contributed by atoms with Crippen LogP contribution in [0.15, 0.2) is 0 Å². The zero-order valence-electron chi connectivity index (χ0n) is 6.30. The summed E-state index contributed by atoms with van der Waals surface area (Å²) in [7, 11) is -4.36. The molecule has 1 unspecified atom stereocenters. The van der Waals surface area contributed by atoms with Crippen LogP contribution in [0.1, 0.15) is 13.3 Å². The highest BCUT2D eigenvalue weighted by atomic mass is 31.2. The molecule has 0 aliphatic rings. The molecule has 0 aromatic rings. The van der Waals surface area contributed by atoms with E-state index in [9.17, 15) is 4.57 Å². The Balaban J connectivity index is 3.59. The van der Waals surface area contributed by atoms with Crippen molar-refractivity contribution in [1.82, 2.24) is 0 Å². The van der Waals surface area contributed by atoms with Crippen molar-refractivity contribution in [2.45, 2.75) is 13.3 Å². The average molecular weight is 184 g/mol. The van der Waals surface area contributed by atoms with Crippen molar-refractivity contribution < 1.29 is 24.0 Å². The van der Waals surface area contributed by atoms with Crippen LogP contribution in [0.2, 0.25) is 0 Å². The molecular formula is C5H13O5P. The topological polar surface area (TPSA) is 87.0 Å². The van der Waals surface area contributed by atoms with Gasteiger partial charge >= 0.3 is 7.82 Å². The number of aliphatic hydroxyl groups excluding tert-OH is 1. The Morgan fingerprint density at radius 2 is 2.09 bits per heavy atom. The lowest BCUT2D eigenvalue weighted by Gasteiger charge is -2.11. The van der Waals surface area contributed by atoms with Crippen LogP contribution in [0.25, 0.3) is 0 Å². The Morgan fingerprint density at radius 3 is 2.36 bits per heavy atom. The van der Waals surface area contributed by atoms with Crippen LogP contribution in [0.3, 0.4) is 0 Å². The Labute approximate surface area is 65.2 Å². The van der Waals surface area contributed by atoms with Crippen LogP contribution in [-0.2, 0) is 9.09 Å². The Kier molecular flexibility index (Phi) is 4.88. The van der Waals surface area contributed by atoms with Gasteiger partial charge in [-0.25, -0.2) is 4.57 Å². The van der Waals surface area contributed by atoms with Crippen molar-refractivity contribution >= 4 is 7.82 Å². The second-order valence-electron chi connectivity index (χ2n) is 2.24. The molecule has 0 radical (unpaired) electrons. The molecule has 11 heavy (non-hydrogen) atoms. The number of hydrogen-bond donors (Lipinski definition) is 3. The second-order valence-corrected chi connectivity index (χ2v) is 3.48. The molecule has 5 nitrogen and oxygen atoms in total. The van der Waals surface area contributed by atoms with Gasteiger partial charge in [0.15, 0.2) is 0 Å². The largest absolute Gasteiger partial charge is 0.469 e. The summed E-state index contributed by atoms with van der Waals surface area (Å²) in [6.45, 7) is 1.59. The molecule has 0 bridgehead atoms. The van der Waals surface area contributed by atoms with E-state index in [1.54, 1.807) is 0 Å². The summed E-state index contributed by atoms with van der Waals surface area (Å²) in [5.41, 5.74) is 0. The molecule has 1 atom stereocenters. The van der Waals surface area contributed by atoms with Crippen LogP contribution in [-0.4, -0.2) is 28.1 Å². The van der Waals surface area contributed by atoms with Crippen LogP contribution in [0.5, 0.6) is 0 Å². The van der Waals surface area contributed by atoms with E-state index in [0.717, 1.165) is 0 Å². The summed E-state index contributed by atoms with van der Waals surface area (Å²) in [5, 5.41) is 8.59. The molecule has 0 saturated heterocycles. The molecule has 3 N–H and O–H groups in total. The Morgan fingerprint density at radius 1 is 1.55 bits per heavy atom. The van der Waals surface area contributed by atoms with E-state index >= 15 is 0 Å². The van der Waals surface area contributed by atoms with Crippen molar-refractivity contribution in [3.63, 3.8) is 0 Å². The highest BCUT2D eigenvalue weighted by Crippen LogP contribution is 2.36. The number of rotatable bonds is 5. The zero-order chi connectivity index (χ0) is 8.91. The van der Waals surface area contributed by atoms with E-state index in [4.69, 9.17) is 14.9 Å². The van der Waals surface area contributed by atoms with Gasteiger partial charge in [-0.2, -0.15) is 0 Å². The fourth-order valence-corrected chi connectivity index (χ4v) is 0.907. The van der Waals surface area contributed by atoms with E-state index in [-0.39, 0.29) is 19.1 Å². The quantitative estimate of drug-likeness (QED) is 0.528. The van der Waals surface area contributed by atoms with Crippen molar-refractivity contribution in [2.24, 2.45) is 5.92 Å². The van der Waals surface area contributed by atoms with Crippen molar-refractivity contribution in [2.75, 3.05) is 13.2 Å². The minimum absolute atomic E-state index is 0.0999. The van der Waals surface area contributed by atoms with Crippen molar-refractivity contribution in [3.8, 4) is 0 Å². The zero-order valence-corrected chi connectivity index (χ0v) is 7.20. The van der Waals surface area contributed by atoms with Gasteiger partial charge in [-0.05, 0) is 6.42 Å². The summed E-state index contributed by atoms with van der Waals surface area (Å²) in [4.78, 5) is 16.5. The first kappa shape index (κ1) is 11.1. The maximum absolute atomic E-state index is 10.2. The predicted molar refractivity (Wildman–Crippen MR) is 38.9 cm³/mol. The summed E-state index contributed by atoms with van der Waals surface area (Å²) in [6.07, 6.45) is 0.635. The van der Waals surface area contributed by atoms with Gasteiger partial charge in [0.1, 0.15) is 0 Å². The number of aliphatic hydroxyl groups is 1. The lowest BCUT2D eigenvalue weighted by atomic mass is 10.1. The standard InChI is InChI=1S/C5H13O5P/c1-2-5(3-6)4-10-11(7,8)9/h5-6H,2-4H2,1H3,(H2,7,8,9). The summed E-state index contributed by atoms with van der Waals surface area (Å²) < 4.78 is 14.3. The van der Waals surface area contributed by atoms with E-state index in [1.807, 2.05) is 6.92 Å². The van der Waals surface area contributed by atoms with Gasteiger partial charge in [-0.1, -0.05) is 6.92 Å². The molecule has 0 aromatic heterocycles. The van der Waals surface area contributed by atoms with E-state index in [0.29, 0.717) is 6.42 Å². The minimum atomic E-state index is -4.36. The Bertz CT molecular complexity index is 138. The lowest BCUT2D eigenvalue weighted by Crippen LogP contribution is -2.11. The third kappa shape index (κ3) is 6.47. The third-order valence-electron chi connectivity index (χ3n) is 1.31. The summed E-state index contributed by atoms with van der Waals surface area (Å²) in [5.74, 6) is -0.192. The van der Waals surface area contributed by atoms with Crippen molar-refractivity contribution in [1.29, 1.82) is 0 Å².